The zero-order valence-electron chi connectivity index (χ0n) is 11.2. The van der Waals surface area contributed by atoms with E-state index in [0.29, 0.717) is 23.7 Å². The Kier molecular flexibility index (Phi) is 5.59. The number of amides is 1. The summed E-state index contributed by atoms with van der Waals surface area (Å²) in [5, 5.41) is 0. The molecule has 0 unspecified atom stereocenters. The van der Waals surface area contributed by atoms with Gasteiger partial charge in [-0.3, -0.25) is 10.2 Å². The van der Waals surface area contributed by atoms with E-state index in [1.807, 2.05) is 6.07 Å². The minimum Gasteiger partial charge on any atom is -0.493 e. The molecule has 2 aromatic rings. The Hall–Kier alpha value is -2.05. The van der Waals surface area contributed by atoms with Crippen LogP contribution in [0.4, 0.5) is 4.39 Å². The van der Waals surface area contributed by atoms with Crippen molar-refractivity contribution >= 4 is 17.7 Å². The maximum atomic E-state index is 13.0. The fourth-order valence-corrected chi connectivity index (χ4v) is 2.46. The van der Waals surface area contributed by atoms with Crippen LogP contribution in [-0.2, 0) is 0 Å². The van der Waals surface area contributed by atoms with Gasteiger partial charge in [0, 0.05) is 16.2 Å². The van der Waals surface area contributed by atoms with Crippen LogP contribution in [-0.4, -0.2) is 18.3 Å². The summed E-state index contributed by atoms with van der Waals surface area (Å²) < 4.78 is 18.6. The normalized spacial score (nSPS) is 10.2. The van der Waals surface area contributed by atoms with E-state index in [1.165, 1.54) is 23.9 Å². The summed E-state index contributed by atoms with van der Waals surface area (Å²) >= 11 is 1.50. The second-order valence-corrected chi connectivity index (χ2v) is 5.32. The predicted molar refractivity (Wildman–Crippen MR) is 80.7 cm³/mol. The SMILES string of the molecule is NNC(=O)c1cccc(OCCSc2cccc(F)c2)c1. The Morgan fingerprint density at radius 2 is 2.05 bits per heavy atom. The molecule has 1 amide bonds. The number of halogens is 1. The third-order valence-electron chi connectivity index (χ3n) is 2.64. The molecule has 0 atom stereocenters. The molecule has 2 rings (SSSR count). The molecule has 0 saturated carbocycles. The number of rotatable bonds is 6. The van der Waals surface area contributed by atoms with Crippen LogP contribution in [0.15, 0.2) is 53.4 Å². The highest BCUT2D eigenvalue weighted by atomic mass is 32.2. The van der Waals surface area contributed by atoms with Gasteiger partial charge in [-0.1, -0.05) is 12.1 Å². The van der Waals surface area contributed by atoms with E-state index in [1.54, 1.807) is 30.3 Å². The van der Waals surface area contributed by atoms with Gasteiger partial charge in [0.1, 0.15) is 11.6 Å². The minimum absolute atomic E-state index is 0.249. The summed E-state index contributed by atoms with van der Waals surface area (Å²) in [4.78, 5) is 12.2. The Bertz CT molecular complexity index is 622. The van der Waals surface area contributed by atoms with Crippen molar-refractivity contribution in [3.8, 4) is 5.75 Å². The number of nitrogens with one attached hydrogen (secondary N) is 1. The standard InChI is InChI=1S/C15H15FN2O2S/c16-12-4-2-6-14(10-12)21-8-7-20-13-5-1-3-11(9-13)15(19)18-17/h1-6,9-10H,7-8,17H2,(H,18,19). The third kappa shape index (κ3) is 4.77. The molecule has 0 aliphatic heterocycles. The van der Waals surface area contributed by atoms with Crippen molar-refractivity contribution < 1.29 is 13.9 Å². The number of hydrogen-bond donors (Lipinski definition) is 2. The van der Waals surface area contributed by atoms with Crippen molar-refractivity contribution in [2.45, 2.75) is 4.90 Å². The molecule has 0 aromatic heterocycles. The third-order valence-corrected chi connectivity index (χ3v) is 3.60. The average molecular weight is 306 g/mol. The molecule has 2 aromatic carbocycles. The molecule has 0 aliphatic rings. The number of thioether (sulfide) groups is 1. The quantitative estimate of drug-likeness (QED) is 0.283. The number of carbonyl (C=O) groups excluding carboxylic acids is 1. The van der Waals surface area contributed by atoms with Gasteiger partial charge in [-0.2, -0.15) is 0 Å². The molecule has 110 valence electrons. The highest BCUT2D eigenvalue weighted by molar-refractivity contribution is 7.99. The molecular formula is C15H15FN2O2S. The highest BCUT2D eigenvalue weighted by Crippen LogP contribution is 2.19. The van der Waals surface area contributed by atoms with Crippen LogP contribution in [0.2, 0.25) is 0 Å². The molecule has 0 aliphatic carbocycles. The van der Waals surface area contributed by atoms with E-state index in [9.17, 15) is 9.18 Å². The van der Waals surface area contributed by atoms with E-state index in [4.69, 9.17) is 10.6 Å². The van der Waals surface area contributed by atoms with Crippen molar-refractivity contribution in [2.75, 3.05) is 12.4 Å². The highest BCUT2D eigenvalue weighted by Gasteiger charge is 2.04. The maximum Gasteiger partial charge on any atom is 0.265 e. The molecule has 21 heavy (non-hydrogen) atoms. The Balaban J connectivity index is 1.82. The van der Waals surface area contributed by atoms with E-state index in [-0.39, 0.29) is 11.7 Å². The smallest absolute Gasteiger partial charge is 0.265 e. The van der Waals surface area contributed by atoms with Crippen molar-refractivity contribution in [1.82, 2.24) is 5.43 Å². The number of hydrogen-bond acceptors (Lipinski definition) is 4. The zero-order valence-corrected chi connectivity index (χ0v) is 12.0. The largest absolute Gasteiger partial charge is 0.493 e. The Labute approximate surface area is 126 Å². The van der Waals surface area contributed by atoms with Gasteiger partial charge in [0.05, 0.1) is 6.61 Å². The minimum atomic E-state index is -0.366. The molecule has 0 heterocycles. The number of ether oxygens (including phenoxy) is 1. The Morgan fingerprint density at radius 3 is 2.81 bits per heavy atom. The first-order valence-electron chi connectivity index (χ1n) is 6.31. The lowest BCUT2D eigenvalue weighted by atomic mass is 10.2. The average Bonchev–Trinajstić information content (AvgIpc) is 2.51. The van der Waals surface area contributed by atoms with E-state index < -0.39 is 0 Å². The van der Waals surface area contributed by atoms with Gasteiger partial charge < -0.3 is 4.74 Å². The van der Waals surface area contributed by atoms with E-state index >= 15 is 0 Å². The van der Waals surface area contributed by atoms with Crippen LogP contribution in [0, 0.1) is 5.82 Å². The van der Waals surface area contributed by atoms with Crippen LogP contribution in [0.1, 0.15) is 10.4 Å². The molecule has 0 saturated heterocycles. The summed E-state index contributed by atoms with van der Waals surface area (Å²) in [6.45, 7) is 0.453. The summed E-state index contributed by atoms with van der Waals surface area (Å²) in [7, 11) is 0. The topological polar surface area (TPSA) is 64.3 Å². The number of nitrogens with two attached hydrogens (primary N) is 1. The van der Waals surface area contributed by atoms with E-state index in [0.717, 1.165) is 4.90 Å². The lowest BCUT2D eigenvalue weighted by molar-refractivity contribution is 0.0953. The molecule has 0 fully saturated rings. The maximum absolute atomic E-state index is 13.0. The second kappa shape index (κ2) is 7.66. The molecule has 4 nitrogen and oxygen atoms in total. The van der Waals surface area contributed by atoms with Crippen molar-refractivity contribution in [3.05, 3.63) is 59.9 Å². The first-order valence-corrected chi connectivity index (χ1v) is 7.30. The molecule has 0 spiro atoms. The lowest BCUT2D eigenvalue weighted by Crippen LogP contribution is -2.29. The number of nitrogen functional groups attached to an aromatic ring is 1. The number of carbonyl (C=O) groups is 1. The van der Waals surface area contributed by atoms with Crippen LogP contribution in [0.5, 0.6) is 5.75 Å². The molecule has 0 bridgehead atoms. The second-order valence-electron chi connectivity index (χ2n) is 4.16. The summed E-state index contributed by atoms with van der Waals surface area (Å²) in [5.74, 6) is 5.73. The Morgan fingerprint density at radius 1 is 1.24 bits per heavy atom. The summed E-state index contributed by atoms with van der Waals surface area (Å²) in [5.41, 5.74) is 2.51. The van der Waals surface area contributed by atoms with Crippen molar-refractivity contribution in [1.29, 1.82) is 0 Å². The van der Waals surface area contributed by atoms with Gasteiger partial charge in [0.15, 0.2) is 0 Å². The fourth-order valence-electron chi connectivity index (χ4n) is 1.69. The van der Waals surface area contributed by atoms with Crippen LogP contribution in [0.3, 0.4) is 0 Å². The number of hydrazine groups is 1. The van der Waals surface area contributed by atoms with Gasteiger partial charge in [-0.25, -0.2) is 10.2 Å². The van der Waals surface area contributed by atoms with Gasteiger partial charge >= 0.3 is 0 Å². The molecule has 3 N–H and O–H groups in total. The van der Waals surface area contributed by atoms with Gasteiger partial charge in [-0.15, -0.1) is 11.8 Å². The molecular weight excluding hydrogens is 291 g/mol. The van der Waals surface area contributed by atoms with Gasteiger partial charge in [0.25, 0.3) is 5.91 Å². The van der Waals surface area contributed by atoms with Crippen LogP contribution >= 0.6 is 11.8 Å². The molecule has 6 heteroatoms. The zero-order chi connectivity index (χ0) is 15.1. The first kappa shape index (κ1) is 15.3. The summed E-state index contributed by atoms with van der Waals surface area (Å²) in [6, 6.07) is 13.2. The number of benzene rings is 2. The van der Waals surface area contributed by atoms with Crippen molar-refractivity contribution in [2.24, 2.45) is 5.84 Å². The van der Waals surface area contributed by atoms with E-state index in [2.05, 4.69) is 5.43 Å². The van der Waals surface area contributed by atoms with Crippen molar-refractivity contribution in [3.63, 3.8) is 0 Å². The van der Waals surface area contributed by atoms with Crippen LogP contribution < -0.4 is 16.0 Å². The lowest BCUT2D eigenvalue weighted by Gasteiger charge is -2.07. The molecule has 0 radical (unpaired) electrons. The van der Waals surface area contributed by atoms with Crippen LogP contribution in [0.25, 0.3) is 0 Å². The predicted octanol–water partition coefficient (Wildman–Crippen LogP) is 2.60. The fraction of sp³-hybridized carbons (Fsp3) is 0.133. The van der Waals surface area contributed by atoms with Gasteiger partial charge in [0.2, 0.25) is 0 Å². The monoisotopic (exact) mass is 306 g/mol. The first-order chi connectivity index (χ1) is 10.2. The van der Waals surface area contributed by atoms with Gasteiger partial charge in [-0.05, 0) is 36.4 Å². The summed E-state index contributed by atoms with van der Waals surface area (Å²) in [6.07, 6.45) is 0.